The Hall–Kier alpha value is -0.0800. The number of hydrogen-bond donors (Lipinski definition) is 2. The van der Waals surface area contributed by atoms with E-state index in [1.54, 1.807) is 0 Å². The van der Waals surface area contributed by atoms with Crippen molar-refractivity contribution in [3.63, 3.8) is 0 Å². The van der Waals surface area contributed by atoms with Crippen LogP contribution in [0.4, 0.5) is 0 Å². The molecule has 0 radical (unpaired) electrons. The molecular weight excluding hydrogens is 208 g/mol. The highest BCUT2D eigenvalue weighted by molar-refractivity contribution is 4.95. The largest absolute Gasteiger partial charge is 0.271 e. The van der Waals surface area contributed by atoms with Gasteiger partial charge in [-0.15, -0.1) is 0 Å². The molecule has 100 valence electrons. The molecule has 2 rings (SSSR count). The fourth-order valence-electron chi connectivity index (χ4n) is 4.41. The first kappa shape index (κ1) is 13.4. The van der Waals surface area contributed by atoms with Gasteiger partial charge in [-0.05, 0) is 42.9 Å². The maximum atomic E-state index is 5.91. The first-order valence-corrected chi connectivity index (χ1v) is 7.65. The standard InChI is InChI=1S/C15H30N2/c1-3-12-7-6-8-13(11-12)14(17-16)15(2)9-4-5-10-15/h12-14,17H,3-11,16H2,1-2H3. The van der Waals surface area contributed by atoms with Gasteiger partial charge in [0.2, 0.25) is 0 Å². The Balaban J connectivity index is 2.01. The second-order valence-electron chi connectivity index (χ2n) is 6.71. The summed E-state index contributed by atoms with van der Waals surface area (Å²) in [6.45, 7) is 4.80. The molecule has 0 aromatic heterocycles. The van der Waals surface area contributed by atoms with E-state index in [9.17, 15) is 0 Å². The van der Waals surface area contributed by atoms with Gasteiger partial charge in [-0.2, -0.15) is 0 Å². The molecule has 17 heavy (non-hydrogen) atoms. The summed E-state index contributed by atoms with van der Waals surface area (Å²) in [5, 5.41) is 0. The molecule has 2 saturated carbocycles. The predicted molar refractivity (Wildman–Crippen MR) is 73.4 cm³/mol. The molecule has 2 fully saturated rings. The average molecular weight is 238 g/mol. The van der Waals surface area contributed by atoms with Crippen LogP contribution in [-0.2, 0) is 0 Å². The van der Waals surface area contributed by atoms with Crippen molar-refractivity contribution < 1.29 is 0 Å². The summed E-state index contributed by atoms with van der Waals surface area (Å²) in [4.78, 5) is 0. The summed E-state index contributed by atoms with van der Waals surface area (Å²) >= 11 is 0. The molecule has 0 spiro atoms. The van der Waals surface area contributed by atoms with E-state index < -0.39 is 0 Å². The van der Waals surface area contributed by atoms with Crippen LogP contribution >= 0.6 is 0 Å². The Labute approximate surface area is 107 Å². The van der Waals surface area contributed by atoms with E-state index in [1.165, 1.54) is 57.8 Å². The van der Waals surface area contributed by atoms with Gasteiger partial charge in [-0.25, -0.2) is 0 Å². The molecule has 3 unspecified atom stereocenters. The Morgan fingerprint density at radius 1 is 1.24 bits per heavy atom. The molecule has 0 saturated heterocycles. The Morgan fingerprint density at radius 2 is 1.94 bits per heavy atom. The fourth-order valence-corrected chi connectivity index (χ4v) is 4.41. The van der Waals surface area contributed by atoms with Crippen LogP contribution < -0.4 is 11.3 Å². The van der Waals surface area contributed by atoms with Crippen LogP contribution in [0.15, 0.2) is 0 Å². The number of hydrazine groups is 1. The molecule has 0 aromatic rings. The third-order valence-electron chi connectivity index (χ3n) is 5.55. The molecule has 0 bridgehead atoms. The van der Waals surface area contributed by atoms with Crippen LogP contribution in [-0.4, -0.2) is 6.04 Å². The highest BCUT2D eigenvalue weighted by Crippen LogP contribution is 2.46. The summed E-state index contributed by atoms with van der Waals surface area (Å²) in [6, 6.07) is 0.555. The molecule has 2 aliphatic carbocycles. The molecule has 0 heterocycles. The molecule has 0 amide bonds. The van der Waals surface area contributed by atoms with Gasteiger partial charge in [-0.1, -0.05) is 46.0 Å². The van der Waals surface area contributed by atoms with E-state index >= 15 is 0 Å². The summed E-state index contributed by atoms with van der Waals surface area (Å²) in [5.41, 5.74) is 3.67. The SMILES string of the molecule is CCC1CCCC(C(NN)C2(C)CCCC2)C1. The molecular formula is C15H30N2. The summed E-state index contributed by atoms with van der Waals surface area (Å²) in [6.07, 6.45) is 12.5. The van der Waals surface area contributed by atoms with Gasteiger partial charge in [-0.3, -0.25) is 11.3 Å². The minimum absolute atomic E-state index is 0.467. The van der Waals surface area contributed by atoms with Crippen molar-refractivity contribution in [2.75, 3.05) is 0 Å². The van der Waals surface area contributed by atoms with Gasteiger partial charge >= 0.3 is 0 Å². The molecule has 2 nitrogen and oxygen atoms in total. The predicted octanol–water partition coefficient (Wildman–Crippen LogP) is 3.62. The Morgan fingerprint density at radius 3 is 2.53 bits per heavy atom. The summed E-state index contributed by atoms with van der Waals surface area (Å²) in [5.74, 6) is 7.68. The van der Waals surface area contributed by atoms with Crippen molar-refractivity contribution in [2.45, 2.75) is 77.7 Å². The van der Waals surface area contributed by atoms with Crippen LogP contribution in [0.1, 0.15) is 71.6 Å². The van der Waals surface area contributed by atoms with Crippen molar-refractivity contribution >= 4 is 0 Å². The van der Waals surface area contributed by atoms with Crippen LogP contribution in [0.2, 0.25) is 0 Å². The lowest BCUT2D eigenvalue weighted by molar-refractivity contribution is 0.110. The second kappa shape index (κ2) is 5.71. The van der Waals surface area contributed by atoms with Gasteiger partial charge in [0.05, 0.1) is 0 Å². The Kier molecular flexibility index (Phi) is 4.48. The lowest BCUT2D eigenvalue weighted by Gasteiger charge is -2.42. The van der Waals surface area contributed by atoms with E-state index in [0.29, 0.717) is 11.5 Å². The van der Waals surface area contributed by atoms with Crippen molar-refractivity contribution in [1.82, 2.24) is 5.43 Å². The lowest BCUT2D eigenvalue weighted by Crippen LogP contribution is -2.51. The first-order valence-electron chi connectivity index (χ1n) is 7.65. The summed E-state index contributed by atoms with van der Waals surface area (Å²) < 4.78 is 0. The number of rotatable bonds is 4. The van der Waals surface area contributed by atoms with E-state index in [1.807, 2.05) is 0 Å². The summed E-state index contributed by atoms with van der Waals surface area (Å²) in [7, 11) is 0. The van der Waals surface area contributed by atoms with Crippen molar-refractivity contribution in [3.8, 4) is 0 Å². The van der Waals surface area contributed by atoms with Gasteiger partial charge in [0.1, 0.15) is 0 Å². The number of hydrogen-bond acceptors (Lipinski definition) is 2. The third-order valence-corrected chi connectivity index (χ3v) is 5.55. The van der Waals surface area contributed by atoms with Gasteiger partial charge < -0.3 is 0 Å². The zero-order valence-electron chi connectivity index (χ0n) is 11.7. The monoisotopic (exact) mass is 238 g/mol. The molecule has 3 N–H and O–H groups in total. The second-order valence-corrected chi connectivity index (χ2v) is 6.71. The van der Waals surface area contributed by atoms with Gasteiger partial charge in [0, 0.05) is 6.04 Å². The van der Waals surface area contributed by atoms with Crippen molar-refractivity contribution in [3.05, 3.63) is 0 Å². The van der Waals surface area contributed by atoms with E-state index in [-0.39, 0.29) is 0 Å². The number of nitrogens with two attached hydrogens (primary N) is 1. The molecule has 2 aliphatic rings. The van der Waals surface area contributed by atoms with E-state index in [2.05, 4.69) is 19.3 Å². The van der Waals surface area contributed by atoms with E-state index in [4.69, 9.17) is 5.84 Å². The van der Waals surface area contributed by atoms with Crippen LogP contribution in [0.5, 0.6) is 0 Å². The maximum Gasteiger partial charge on any atom is 0.0292 e. The molecule has 0 aromatic carbocycles. The van der Waals surface area contributed by atoms with Crippen molar-refractivity contribution in [2.24, 2.45) is 23.1 Å². The fraction of sp³-hybridized carbons (Fsp3) is 1.00. The highest BCUT2D eigenvalue weighted by atomic mass is 15.2. The van der Waals surface area contributed by atoms with Gasteiger partial charge in [0.15, 0.2) is 0 Å². The van der Waals surface area contributed by atoms with Crippen LogP contribution in [0, 0.1) is 17.3 Å². The molecule has 3 atom stereocenters. The quantitative estimate of drug-likeness (QED) is 0.580. The van der Waals surface area contributed by atoms with Crippen LogP contribution in [0.25, 0.3) is 0 Å². The smallest absolute Gasteiger partial charge is 0.0292 e. The third kappa shape index (κ3) is 2.85. The normalized spacial score (nSPS) is 34.8. The van der Waals surface area contributed by atoms with E-state index in [0.717, 1.165) is 11.8 Å². The van der Waals surface area contributed by atoms with Crippen molar-refractivity contribution in [1.29, 1.82) is 0 Å². The lowest BCUT2D eigenvalue weighted by atomic mass is 9.68. The minimum atomic E-state index is 0.467. The highest BCUT2D eigenvalue weighted by Gasteiger charge is 2.41. The zero-order chi connectivity index (χ0) is 12.3. The minimum Gasteiger partial charge on any atom is -0.271 e. The molecule has 2 heteroatoms. The molecule has 0 aliphatic heterocycles. The Bertz CT molecular complexity index is 233. The topological polar surface area (TPSA) is 38.0 Å². The average Bonchev–Trinajstić information content (AvgIpc) is 2.78. The first-order chi connectivity index (χ1) is 8.19. The zero-order valence-corrected chi connectivity index (χ0v) is 11.7. The van der Waals surface area contributed by atoms with Gasteiger partial charge in [0.25, 0.3) is 0 Å². The maximum absolute atomic E-state index is 5.91. The number of nitrogens with one attached hydrogen (secondary N) is 1. The van der Waals surface area contributed by atoms with Crippen LogP contribution in [0.3, 0.4) is 0 Å².